The van der Waals surface area contributed by atoms with E-state index in [4.69, 9.17) is 5.73 Å². The number of esters is 1. The Balaban J connectivity index is 2.63. The van der Waals surface area contributed by atoms with Gasteiger partial charge in [-0.2, -0.15) is 13.2 Å². The number of nitrogen functional groups attached to an aromatic ring is 1. The summed E-state index contributed by atoms with van der Waals surface area (Å²) in [5.74, 6) is -1.05. The molecule has 21 heavy (non-hydrogen) atoms. The van der Waals surface area contributed by atoms with Crippen LogP contribution in [0.1, 0.15) is 16.1 Å². The molecule has 0 spiro atoms. The first-order chi connectivity index (χ1) is 9.75. The molecule has 0 radical (unpaired) electrons. The van der Waals surface area contributed by atoms with E-state index in [1.165, 1.54) is 12.1 Å². The Hall–Kier alpha value is -2.03. The van der Waals surface area contributed by atoms with Crippen molar-refractivity contribution in [1.29, 1.82) is 0 Å². The van der Waals surface area contributed by atoms with E-state index in [0.29, 0.717) is 0 Å². The molecule has 0 fully saturated rings. The Labute approximate surface area is 125 Å². The molecule has 0 aliphatic carbocycles. The molecular weight excluding hydrogens is 355 g/mol. The van der Waals surface area contributed by atoms with Crippen LogP contribution in [0.15, 0.2) is 29.0 Å². The second kappa shape index (κ2) is 5.40. The van der Waals surface area contributed by atoms with E-state index in [9.17, 15) is 18.0 Å². The Morgan fingerprint density at radius 2 is 2.10 bits per heavy atom. The van der Waals surface area contributed by atoms with Gasteiger partial charge in [0.1, 0.15) is 12.1 Å². The number of imidazole rings is 1. The first-order valence-electron chi connectivity index (χ1n) is 5.54. The Morgan fingerprint density at radius 1 is 1.43 bits per heavy atom. The fourth-order valence-corrected chi connectivity index (χ4v) is 2.11. The lowest BCUT2D eigenvalue weighted by Gasteiger charge is -2.14. The summed E-state index contributed by atoms with van der Waals surface area (Å²) in [4.78, 5) is 15.1. The van der Waals surface area contributed by atoms with Crippen LogP contribution in [0.3, 0.4) is 0 Å². The molecule has 0 aliphatic heterocycles. The van der Waals surface area contributed by atoms with Crippen LogP contribution in [0.4, 0.5) is 19.0 Å². The van der Waals surface area contributed by atoms with Crippen molar-refractivity contribution < 1.29 is 22.7 Å². The summed E-state index contributed by atoms with van der Waals surface area (Å²) in [6.45, 7) is 0. The number of halogens is 4. The van der Waals surface area contributed by atoms with Crippen LogP contribution in [0, 0.1) is 0 Å². The largest absolute Gasteiger partial charge is 0.464 e. The standard InChI is InChI=1S/C12H9BrF3N3O2/c1-21-11(20)9-10(17)19(5-18-9)8-3-2-6(13)4-7(8)12(14,15)16/h2-5H,17H2,1H3. The highest BCUT2D eigenvalue weighted by Crippen LogP contribution is 2.36. The van der Waals surface area contributed by atoms with Crippen molar-refractivity contribution in [3.05, 3.63) is 40.3 Å². The quantitative estimate of drug-likeness (QED) is 0.832. The van der Waals surface area contributed by atoms with Gasteiger partial charge in [-0.25, -0.2) is 9.78 Å². The van der Waals surface area contributed by atoms with Crippen LogP contribution < -0.4 is 5.73 Å². The molecule has 1 aromatic heterocycles. The highest BCUT2D eigenvalue weighted by atomic mass is 79.9. The SMILES string of the molecule is COC(=O)c1ncn(-c2ccc(Br)cc2C(F)(F)F)c1N. The van der Waals surface area contributed by atoms with Gasteiger partial charge in [-0.3, -0.25) is 4.57 Å². The van der Waals surface area contributed by atoms with Crippen LogP contribution in [-0.4, -0.2) is 22.6 Å². The first-order valence-corrected chi connectivity index (χ1v) is 6.33. The molecule has 2 aromatic rings. The number of rotatable bonds is 2. The van der Waals surface area contributed by atoms with Crippen molar-refractivity contribution in [2.24, 2.45) is 0 Å². The molecule has 0 amide bonds. The van der Waals surface area contributed by atoms with Crippen molar-refractivity contribution in [3.63, 3.8) is 0 Å². The highest BCUT2D eigenvalue weighted by molar-refractivity contribution is 9.10. The van der Waals surface area contributed by atoms with Gasteiger partial charge in [0.05, 0.1) is 18.4 Å². The molecule has 0 aliphatic rings. The summed E-state index contributed by atoms with van der Waals surface area (Å²) in [6.07, 6.45) is -3.54. The van der Waals surface area contributed by atoms with Crippen molar-refractivity contribution >= 4 is 27.7 Å². The normalized spacial score (nSPS) is 11.5. The number of nitrogens with two attached hydrogens (primary N) is 1. The number of benzene rings is 1. The van der Waals surface area contributed by atoms with Gasteiger partial charge in [-0.1, -0.05) is 15.9 Å². The molecule has 2 N–H and O–H groups in total. The molecule has 112 valence electrons. The number of hydrogen-bond acceptors (Lipinski definition) is 4. The van der Waals surface area contributed by atoms with Gasteiger partial charge in [0, 0.05) is 4.47 Å². The Kier molecular flexibility index (Phi) is 3.95. The first kappa shape index (κ1) is 15.4. The lowest BCUT2D eigenvalue weighted by atomic mass is 10.1. The van der Waals surface area contributed by atoms with E-state index < -0.39 is 17.7 Å². The van der Waals surface area contributed by atoms with E-state index >= 15 is 0 Å². The number of carbonyl (C=O) groups is 1. The third-order valence-corrected chi connectivity index (χ3v) is 3.20. The number of anilines is 1. The van der Waals surface area contributed by atoms with Crippen molar-refractivity contribution in [1.82, 2.24) is 9.55 Å². The summed E-state index contributed by atoms with van der Waals surface area (Å²) in [7, 11) is 1.13. The van der Waals surface area contributed by atoms with Crippen LogP contribution in [0.5, 0.6) is 0 Å². The van der Waals surface area contributed by atoms with Crippen LogP contribution in [-0.2, 0) is 10.9 Å². The number of ether oxygens (including phenoxy) is 1. The topological polar surface area (TPSA) is 70.1 Å². The summed E-state index contributed by atoms with van der Waals surface area (Å²) >= 11 is 2.99. The molecular formula is C12H9BrF3N3O2. The number of alkyl halides is 3. The number of methoxy groups -OCH3 is 1. The summed E-state index contributed by atoms with van der Waals surface area (Å²) in [5, 5.41) is 0. The molecule has 0 unspecified atom stereocenters. The predicted octanol–water partition coefficient (Wildman–Crippen LogP) is 3.02. The van der Waals surface area contributed by atoms with E-state index in [-0.39, 0.29) is 21.7 Å². The maximum atomic E-state index is 13.1. The summed E-state index contributed by atoms with van der Waals surface area (Å²) in [6, 6.07) is 3.58. The smallest absolute Gasteiger partial charge is 0.418 e. The second-order valence-electron chi connectivity index (χ2n) is 4.00. The van der Waals surface area contributed by atoms with E-state index in [2.05, 4.69) is 25.7 Å². The highest BCUT2D eigenvalue weighted by Gasteiger charge is 2.35. The van der Waals surface area contributed by atoms with Crippen molar-refractivity contribution in [3.8, 4) is 5.69 Å². The van der Waals surface area contributed by atoms with E-state index in [1.54, 1.807) is 0 Å². The van der Waals surface area contributed by atoms with Gasteiger partial charge in [0.15, 0.2) is 5.69 Å². The van der Waals surface area contributed by atoms with Gasteiger partial charge in [0.2, 0.25) is 0 Å². The molecule has 1 aromatic carbocycles. The molecule has 5 nitrogen and oxygen atoms in total. The minimum Gasteiger partial charge on any atom is -0.464 e. The van der Waals surface area contributed by atoms with Gasteiger partial charge < -0.3 is 10.5 Å². The zero-order chi connectivity index (χ0) is 15.8. The maximum Gasteiger partial charge on any atom is 0.418 e. The summed E-state index contributed by atoms with van der Waals surface area (Å²) < 4.78 is 45.0. The third-order valence-electron chi connectivity index (χ3n) is 2.71. The van der Waals surface area contributed by atoms with Gasteiger partial charge in [0.25, 0.3) is 0 Å². The van der Waals surface area contributed by atoms with Crippen LogP contribution in [0.25, 0.3) is 5.69 Å². The minimum absolute atomic E-state index is 0.227. The number of aromatic nitrogens is 2. The Morgan fingerprint density at radius 3 is 2.67 bits per heavy atom. The van der Waals surface area contributed by atoms with Gasteiger partial charge in [-0.05, 0) is 18.2 Å². The average Bonchev–Trinajstić information content (AvgIpc) is 2.79. The zero-order valence-electron chi connectivity index (χ0n) is 10.6. The number of nitrogens with zero attached hydrogens (tertiary/aromatic N) is 2. The van der Waals surface area contributed by atoms with Gasteiger partial charge >= 0.3 is 12.1 Å². The Bertz CT molecular complexity index is 698. The van der Waals surface area contributed by atoms with Gasteiger partial charge in [-0.15, -0.1) is 0 Å². The molecule has 9 heteroatoms. The molecule has 0 bridgehead atoms. The molecule has 0 atom stereocenters. The zero-order valence-corrected chi connectivity index (χ0v) is 12.2. The monoisotopic (exact) mass is 363 g/mol. The second-order valence-corrected chi connectivity index (χ2v) is 4.91. The van der Waals surface area contributed by atoms with Crippen LogP contribution in [0.2, 0.25) is 0 Å². The van der Waals surface area contributed by atoms with Crippen LogP contribution >= 0.6 is 15.9 Å². The maximum absolute atomic E-state index is 13.1. The van der Waals surface area contributed by atoms with Crippen molar-refractivity contribution in [2.45, 2.75) is 6.18 Å². The van der Waals surface area contributed by atoms with Crippen molar-refractivity contribution in [2.75, 3.05) is 12.8 Å². The lowest BCUT2D eigenvalue weighted by molar-refractivity contribution is -0.137. The average molecular weight is 364 g/mol. The minimum atomic E-state index is -4.58. The summed E-state index contributed by atoms with van der Waals surface area (Å²) in [5.41, 5.74) is 4.30. The number of hydrogen-bond donors (Lipinski definition) is 1. The fraction of sp³-hybridized carbons (Fsp3) is 0.167. The van der Waals surface area contributed by atoms with E-state index in [0.717, 1.165) is 24.1 Å². The van der Waals surface area contributed by atoms with E-state index in [1.807, 2.05) is 0 Å². The predicted molar refractivity (Wildman–Crippen MR) is 72.0 cm³/mol. The third kappa shape index (κ3) is 2.87. The number of carbonyl (C=O) groups excluding carboxylic acids is 1. The fourth-order valence-electron chi connectivity index (χ4n) is 1.75. The molecule has 0 saturated heterocycles. The lowest BCUT2D eigenvalue weighted by Crippen LogP contribution is -2.13. The molecule has 2 rings (SSSR count). The molecule has 1 heterocycles. The molecule has 0 saturated carbocycles.